The third-order valence-corrected chi connectivity index (χ3v) is 2.54. The Morgan fingerprint density at radius 2 is 1.60 bits per heavy atom. The van der Waals surface area contributed by atoms with Gasteiger partial charge in [-0.1, -0.05) is 17.7 Å². The molecule has 0 saturated carbocycles. The van der Waals surface area contributed by atoms with Crippen molar-refractivity contribution in [3.8, 4) is 5.75 Å². The van der Waals surface area contributed by atoms with Crippen molar-refractivity contribution >= 4 is 21.4 Å². The minimum absolute atomic E-state index is 0. The van der Waals surface area contributed by atoms with Gasteiger partial charge in [-0.3, -0.25) is 0 Å². The summed E-state index contributed by atoms with van der Waals surface area (Å²) in [6.45, 7) is 8.09. The summed E-state index contributed by atoms with van der Waals surface area (Å²) in [5, 5.41) is 0. The van der Waals surface area contributed by atoms with Gasteiger partial charge in [0.15, 0.2) is 0 Å². The van der Waals surface area contributed by atoms with Crippen molar-refractivity contribution in [3.05, 3.63) is 29.8 Å². The molecule has 1 rings (SSSR count). The number of aryl methyl sites for hydroxylation is 1. The summed E-state index contributed by atoms with van der Waals surface area (Å²) in [4.78, 5) is 0. The molecule has 0 amide bonds. The van der Waals surface area contributed by atoms with Crippen LogP contribution in [-0.4, -0.2) is 5.60 Å². The van der Waals surface area contributed by atoms with Gasteiger partial charge in [0.1, 0.15) is 5.75 Å². The van der Waals surface area contributed by atoms with E-state index in [0.29, 0.717) is 0 Å². The second kappa shape index (κ2) is 6.32. The normalized spacial score (nSPS) is 11.5. The zero-order valence-electron chi connectivity index (χ0n) is 9.53. The maximum absolute atomic E-state index is 5.47. The molecule has 86 valence electrons. The predicted octanol–water partition coefficient (Wildman–Crippen LogP) is 4.12. The zero-order valence-corrected chi connectivity index (χ0v) is 11.4. The molecule has 0 radical (unpaired) electrons. The Bertz CT molecular complexity index is 280. The SMILES string of the molecule is Cc1ccc(OPOC(C)(C)C)cc1.Cl. The van der Waals surface area contributed by atoms with Crippen molar-refractivity contribution in [3.63, 3.8) is 0 Å². The molecule has 0 fully saturated rings. The van der Waals surface area contributed by atoms with Crippen molar-refractivity contribution in [1.29, 1.82) is 0 Å². The molecule has 1 unspecified atom stereocenters. The van der Waals surface area contributed by atoms with Crippen LogP contribution in [0, 0.1) is 6.92 Å². The fourth-order valence-electron chi connectivity index (χ4n) is 0.800. The first-order chi connectivity index (χ1) is 6.47. The second-order valence-corrected chi connectivity index (χ2v) is 4.79. The summed E-state index contributed by atoms with van der Waals surface area (Å²) in [7, 11) is 0.0579. The Kier molecular flexibility index (Phi) is 6.19. The number of rotatable bonds is 3. The lowest BCUT2D eigenvalue weighted by atomic mass is 10.2. The summed E-state index contributed by atoms with van der Waals surface area (Å²) in [6.07, 6.45) is 0. The topological polar surface area (TPSA) is 18.5 Å². The van der Waals surface area contributed by atoms with Crippen LogP contribution in [0.2, 0.25) is 0 Å². The van der Waals surface area contributed by atoms with Crippen LogP contribution >= 0.6 is 21.4 Å². The minimum Gasteiger partial charge on any atom is -0.450 e. The van der Waals surface area contributed by atoms with Crippen molar-refractivity contribution in [1.82, 2.24) is 0 Å². The van der Waals surface area contributed by atoms with Gasteiger partial charge in [-0.15, -0.1) is 12.4 Å². The van der Waals surface area contributed by atoms with Crippen LogP contribution < -0.4 is 4.52 Å². The van der Waals surface area contributed by atoms with Gasteiger partial charge in [0, 0.05) is 0 Å². The molecular weight excluding hydrogens is 231 g/mol. The van der Waals surface area contributed by atoms with E-state index in [1.54, 1.807) is 0 Å². The molecule has 1 atom stereocenters. The molecule has 0 spiro atoms. The van der Waals surface area contributed by atoms with Crippen molar-refractivity contribution in [2.24, 2.45) is 0 Å². The Morgan fingerprint density at radius 3 is 2.07 bits per heavy atom. The number of hydrogen-bond acceptors (Lipinski definition) is 2. The van der Waals surface area contributed by atoms with E-state index in [9.17, 15) is 0 Å². The van der Waals surface area contributed by atoms with Crippen molar-refractivity contribution in [2.75, 3.05) is 0 Å². The summed E-state index contributed by atoms with van der Waals surface area (Å²) in [5.41, 5.74) is 1.10. The fourth-order valence-corrected chi connectivity index (χ4v) is 1.32. The molecule has 1 aromatic carbocycles. The van der Waals surface area contributed by atoms with Crippen LogP contribution in [0.1, 0.15) is 26.3 Å². The molecule has 1 aromatic rings. The lowest BCUT2D eigenvalue weighted by Crippen LogP contribution is -2.14. The van der Waals surface area contributed by atoms with E-state index < -0.39 is 0 Å². The van der Waals surface area contributed by atoms with Gasteiger partial charge in [0.25, 0.3) is 0 Å². The van der Waals surface area contributed by atoms with E-state index in [1.165, 1.54) is 5.56 Å². The van der Waals surface area contributed by atoms with Crippen LogP contribution in [-0.2, 0) is 4.52 Å². The molecule has 0 aromatic heterocycles. The van der Waals surface area contributed by atoms with Crippen LogP contribution in [0.5, 0.6) is 5.75 Å². The Morgan fingerprint density at radius 1 is 1.07 bits per heavy atom. The van der Waals surface area contributed by atoms with Gasteiger partial charge >= 0.3 is 0 Å². The van der Waals surface area contributed by atoms with Crippen LogP contribution in [0.4, 0.5) is 0 Å². The third-order valence-electron chi connectivity index (χ3n) is 1.53. The third kappa shape index (κ3) is 6.72. The average molecular weight is 249 g/mol. The predicted molar refractivity (Wildman–Crippen MR) is 68.2 cm³/mol. The second-order valence-electron chi connectivity index (χ2n) is 4.21. The van der Waals surface area contributed by atoms with Crippen LogP contribution in [0.25, 0.3) is 0 Å². The number of hydrogen-bond donors (Lipinski definition) is 0. The first-order valence-electron chi connectivity index (χ1n) is 4.64. The highest BCUT2D eigenvalue weighted by atomic mass is 35.5. The molecule has 0 heterocycles. The average Bonchev–Trinajstić information content (AvgIpc) is 2.06. The molecule has 0 N–H and O–H groups in total. The van der Waals surface area contributed by atoms with Crippen molar-refractivity contribution in [2.45, 2.75) is 33.3 Å². The van der Waals surface area contributed by atoms with Gasteiger partial charge in [0.05, 0.1) is 5.60 Å². The van der Waals surface area contributed by atoms with E-state index in [-0.39, 0.29) is 27.0 Å². The van der Waals surface area contributed by atoms with Crippen molar-refractivity contribution < 1.29 is 9.05 Å². The van der Waals surface area contributed by atoms with E-state index in [0.717, 1.165) is 5.75 Å². The van der Waals surface area contributed by atoms with Gasteiger partial charge < -0.3 is 9.05 Å². The highest BCUT2D eigenvalue weighted by Crippen LogP contribution is 2.26. The molecular formula is C11H18ClO2P. The molecule has 0 aliphatic carbocycles. The van der Waals surface area contributed by atoms with E-state index in [1.807, 2.05) is 45.0 Å². The summed E-state index contributed by atoms with van der Waals surface area (Å²) >= 11 is 0. The molecule has 0 aliphatic rings. The van der Waals surface area contributed by atoms with E-state index in [4.69, 9.17) is 9.05 Å². The largest absolute Gasteiger partial charge is 0.450 e. The Balaban J connectivity index is 0.00000196. The summed E-state index contributed by atoms with van der Waals surface area (Å²) in [6, 6.07) is 7.95. The highest BCUT2D eigenvalue weighted by Gasteiger charge is 2.10. The monoisotopic (exact) mass is 248 g/mol. The molecule has 0 aliphatic heterocycles. The maximum atomic E-state index is 5.47. The molecule has 15 heavy (non-hydrogen) atoms. The van der Waals surface area contributed by atoms with Gasteiger partial charge in [0.2, 0.25) is 9.03 Å². The first-order valence-corrected chi connectivity index (χ1v) is 5.45. The Labute approximate surface area is 99.7 Å². The van der Waals surface area contributed by atoms with E-state index >= 15 is 0 Å². The lowest BCUT2D eigenvalue weighted by Gasteiger charge is -2.18. The van der Waals surface area contributed by atoms with Gasteiger partial charge in [-0.25, -0.2) is 0 Å². The smallest absolute Gasteiger partial charge is 0.215 e. The van der Waals surface area contributed by atoms with Gasteiger partial charge in [-0.2, -0.15) is 0 Å². The first kappa shape index (κ1) is 14.7. The summed E-state index contributed by atoms with van der Waals surface area (Å²) in [5.74, 6) is 0.859. The standard InChI is InChI=1S/C11H17O2P.ClH/c1-9-5-7-10(8-6-9)12-14-13-11(2,3)4;/h5-8,14H,1-4H3;1H. The minimum atomic E-state index is -0.136. The zero-order chi connectivity index (χ0) is 10.6. The number of benzene rings is 1. The van der Waals surface area contributed by atoms with E-state index in [2.05, 4.69) is 6.92 Å². The van der Waals surface area contributed by atoms with Crippen LogP contribution in [0.3, 0.4) is 0 Å². The van der Waals surface area contributed by atoms with Crippen LogP contribution in [0.15, 0.2) is 24.3 Å². The summed E-state index contributed by atoms with van der Waals surface area (Å²) < 4.78 is 10.9. The number of halogens is 1. The lowest BCUT2D eigenvalue weighted by molar-refractivity contribution is 0.143. The Hall–Kier alpha value is -0.300. The fraction of sp³-hybridized carbons (Fsp3) is 0.455. The molecule has 0 saturated heterocycles. The van der Waals surface area contributed by atoms with Gasteiger partial charge in [-0.05, 0) is 39.8 Å². The highest BCUT2D eigenvalue weighted by molar-refractivity contribution is 7.26. The quantitative estimate of drug-likeness (QED) is 0.749. The molecule has 2 nitrogen and oxygen atoms in total. The maximum Gasteiger partial charge on any atom is 0.215 e. The molecule has 4 heteroatoms. The molecule has 0 bridgehead atoms.